The van der Waals surface area contributed by atoms with Gasteiger partial charge < -0.3 is 9.47 Å². The molecule has 0 atom stereocenters. The molecule has 122 valence electrons. The topological polar surface area (TPSA) is 18.5 Å². The molecular formula is C21H26O2. The van der Waals surface area contributed by atoms with Crippen molar-refractivity contribution in [2.24, 2.45) is 0 Å². The first-order valence-electron chi connectivity index (χ1n) is 8.22. The summed E-state index contributed by atoms with van der Waals surface area (Å²) < 4.78 is 11.6. The van der Waals surface area contributed by atoms with Crippen LogP contribution in [0.4, 0.5) is 0 Å². The summed E-state index contributed by atoms with van der Waals surface area (Å²) in [6, 6.07) is 2.15. The Morgan fingerprint density at radius 2 is 1.35 bits per heavy atom. The van der Waals surface area contributed by atoms with Crippen LogP contribution in [0.25, 0.3) is 11.1 Å². The summed E-state index contributed by atoms with van der Waals surface area (Å²) in [5.41, 5.74) is 13.3. The van der Waals surface area contributed by atoms with Gasteiger partial charge in [-0.1, -0.05) is 0 Å². The molecule has 1 heterocycles. The fraction of sp³-hybridized carbons (Fsp3) is 0.429. The molecule has 0 fully saturated rings. The second kappa shape index (κ2) is 5.68. The maximum atomic E-state index is 6.02. The SMILES string of the molecule is COc1cc2c(c(C)c1C)-c1c(C)c(C)c(C)c(C)c1COC2. The van der Waals surface area contributed by atoms with Crippen LogP contribution in [0.3, 0.4) is 0 Å². The Morgan fingerprint density at radius 3 is 2.00 bits per heavy atom. The molecule has 2 aromatic rings. The van der Waals surface area contributed by atoms with E-state index < -0.39 is 0 Å². The van der Waals surface area contributed by atoms with Gasteiger partial charge in [-0.25, -0.2) is 0 Å². The molecule has 3 rings (SSSR count). The van der Waals surface area contributed by atoms with E-state index in [1.54, 1.807) is 7.11 Å². The predicted octanol–water partition coefficient (Wildman–Crippen LogP) is 5.24. The average Bonchev–Trinajstić information content (AvgIpc) is 2.73. The van der Waals surface area contributed by atoms with E-state index in [2.05, 4.69) is 47.6 Å². The van der Waals surface area contributed by atoms with Crippen LogP contribution < -0.4 is 4.74 Å². The van der Waals surface area contributed by atoms with Gasteiger partial charge in [-0.2, -0.15) is 0 Å². The number of hydrogen-bond acceptors (Lipinski definition) is 2. The number of ether oxygens (including phenoxy) is 2. The van der Waals surface area contributed by atoms with Gasteiger partial charge in [0.2, 0.25) is 0 Å². The normalized spacial score (nSPS) is 13.3. The van der Waals surface area contributed by atoms with E-state index in [0.29, 0.717) is 13.2 Å². The van der Waals surface area contributed by atoms with Gasteiger partial charge in [0, 0.05) is 0 Å². The molecule has 0 spiro atoms. The van der Waals surface area contributed by atoms with E-state index in [-0.39, 0.29) is 0 Å². The van der Waals surface area contributed by atoms with Crippen molar-refractivity contribution in [3.05, 3.63) is 50.6 Å². The van der Waals surface area contributed by atoms with Crippen molar-refractivity contribution < 1.29 is 9.47 Å². The van der Waals surface area contributed by atoms with Crippen molar-refractivity contribution in [2.75, 3.05) is 7.11 Å². The lowest BCUT2D eigenvalue weighted by atomic mass is 9.82. The molecule has 0 N–H and O–H groups in total. The molecule has 0 radical (unpaired) electrons. The Morgan fingerprint density at radius 1 is 0.739 bits per heavy atom. The molecule has 0 bridgehead atoms. The fourth-order valence-corrected chi connectivity index (χ4v) is 3.80. The van der Waals surface area contributed by atoms with Crippen molar-refractivity contribution in [3.8, 4) is 16.9 Å². The van der Waals surface area contributed by atoms with Gasteiger partial charge in [-0.05, 0) is 103 Å². The quantitative estimate of drug-likeness (QED) is 0.717. The summed E-state index contributed by atoms with van der Waals surface area (Å²) in [4.78, 5) is 0. The highest BCUT2D eigenvalue weighted by molar-refractivity contribution is 5.81. The lowest BCUT2D eigenvalue weighted by molar-refractivity contribution is 0.109. The third-order valence-electron chi connectivity index (χ3n) is 5.72. The van der Waals surface area contributed by atoms with Crippen LogP contribution in [0.5, 0.6) is 5.75 Å². The monoisotopic (exact) mass is 310 g/mol. The largest absolute Gasteiger partial charge is 0.496 e. The van der Waals surface area contributed by atoms with Crippen molar-refractivity contribution in [1.29, 1.82) is 0 Å². The smallest absolute Gasteiger partial charge is 0.122 e. The Kier molecular flexibility index (Phi) is 3.97. The first kappa shape index (κ1) is 16.1. The van der Waals surface area contributed by atoms with E-state index in [0.717, 1.165) is 5.75 Å². The van der Waals surface area contributed by atoms with Gasteiger partial charge in [-0.15, -0.1) is 0 Å². The number of rotatable bonds is 1. The fourth-order valence-electron chi connectivity index (χ4n) is 3.80. The molecule has 2 aromatic carbocycles. The third-order valence-corrected chi connectivity index (χ3v) is 5.72. The minimum atomic E-state index is 0.637. The molecule has 23 heavy (non-hydrogen) atoms. The van der Waals surface area contributed by atoms with Crippen LogP contribution in [-0.2, 0) is 18.0 Å². The molecule has 0 unspecified atom stereocenters. The molecule has 1 aliphatic heterocycles. The Balaban J connectivity index is 2.45. The van der Waals surface area contributed by atoms with Crippen LogP contribution in [0, 0.1) is 41.5 Å². The van der Waals surface area contributed by atoms with Crippen LogP contribution in [0.15, 0.2) is 6.07 Å². The molecule has 0 amide bonds. The predicted molar refractivity (Wildman–Crippen MR) is 95.3 cm³/mol. The number of benzene rings is 2. The van der Waals surface area contributed by atoms with E-state index in [1.165, 1.54) is 55.6 Å². The van der Waals surface area contributed by atoms with E-state index in [4.69, 9.17) is 9.47 Å². The highest BCUT2D eigenvalue weighted by atomic mass is 16.5. The molecule has 0 aromatic heterocycles. The van der Waals surface area contributed by atoms with Crippen molar-refractivity contribution >= 4 is 0 Å². The maximum Gasteiger partial charge on any atom is 0.122 e. The first-order valence-corrected chi connectivity index (χ1v) is 8.22. The lowest BCUT2D eigenvalue weighted by Gasteiger charge is -2.22. The molecule has 0 aliphatic carbocycles. The van der Waals surface area contributed by atoms with Gasteiger partial charge in [0.05, 0.1) is 20.3 Å². The zero-order valence-corrected chi connectivity index (χ0v) is 15.3. The number of methoxy groups -OCH3 is 1. The van der Waals surface area contributed by atoms with Gasteiger partial charge in [0.25, 0.3) is 0 Å². The van der Waals surface area contributed by atoms with E-state index in [9.17, 15) is 0 Å². The van der Waals surface area contributed by atoms with E-state index >= 15 is 0 Å². The third kappa shape index (κ3) is 2.28. The van der Waals surface area contributed by atoms with Crippen LogP contribution in [0.2, 0.25) is 0 Å². The van der Waals surface area contributed by atoms with Crippen LogP contribution in [0.1, 0.15) is 44.5 Å². The summed E-state index contributed by atoms with van der Waals surface area (Å²) in [7, 11) is 1.74. The van der Waals surface area contributed by atoms with Crippen molar-refractivity contribution in [1.82, 2.24) is 0 Å². The zero-order valence-electron chi connectivity index (χ0n) is 15.3. The zero-order chi connectivity index (χ0) is 16.9. The second-order valence-electron chi connectivity index (χ2n) is 6.71. The molecule has 0 saturated heterocycles. The van der Waals surface area contributed by atoms with Crippen LogP contribution >= 0.6 is 0 Å². The summed E-state index contributed by atoms with van der Waals surface area (Å²) in [6.07, 6.45) is 0. The summed E-state index contributed by atoms with van der Waals surface area (Å²) >= 11 is 0. The minimum Gasteiger partial charge on any atom is -0.496 e. The van der Waals surface area contributed by atoms with Crippen molar-refractivity contribution in [2.45, 2.75) is 54.8 Å². The van der Waals surface area contributed by atoms with Gasteiger partial charge in [-0.3, -0.25) is 0 Å². The molecule has 2 nitrogen and oxygen atoms in total. The highest BCUT2D eigenvalue weighted by Crippen LogP contribution is 2.43. The minimum absolute atomic E-state index is 0.637. The van der Waals surface area contributed by atoms with Gasteiger partial charge >= 0.3 is 0 Å². The summed E-state index contributed by atoms with van der Waals surface area (Å²) in [5, 5.41) is 0. The maximum absolute atomic E-state index is 6.02. The number of hydrogen-bond donors (Lipinski definition) is 0. The van der Waals surface area contributed by atoms with Gasteiger partial charge in [0.1, 0.15) is 5.75 Å². The second-order valence-corrected chi connectivity index (χ2v) is 6.71. The molecular weight excluding hydrogens is 284 g/mol. The van der Waals surface area contributed by atoms with E-state index in [1.807, 2.05) is 0 Å². The highest BCUT2D eigenvalue weighted by Gasteiger charge is 2.24. The Hall–Kier alpha value is -1.80. The number of fused-ring (bicyclic) bond motifs is 3. The summed E-state index contributed by atoms with van der Waals surface area (Å²) in [6.45, 7) is 14.6. The molecule has 0 saturated carbocycles. The standard InChI is InChI=1S/C21H26O2/c1-11-12(2)15(5)21-18(13(11)3)10-23-9-17-8-19(22-7)14(4)16(6)20(17)21/h8H,9-10H2,1-7H3. The molecule has 1 aliphatic rings. The van der Waals surface area contributed by atoms with Crippen molar-refractivity contribution in [3.63, 3.8) is 0 Å². The first-order chi connectivity index (χ1) is 10.9. The molecule has 2 heteroatoms. The van der Waals surface area contributed by atoms with Gasteiger partial charge in [0.15, 0.2) is 0 Å². The Bertz CT molecular complexity index is 801. The average molecular weight is 310 g/mol. The lowest BCUT2D eigenvalue weighted by Crippen LogP contribution is -2.04. The van der Waals surface area contributed by atoms with Crippen LogP contribution in [-0.4, -0.2) is 7.11 Å². The summed E-state index contributed by atoms with van der Waals surface area (Å²) in [5.74, 6) is 0.950. The Labute approximate surface area is 139 Å².